The maximum atomic E-state index is 11.3. The molecule has 0 aromatic heterocycles. The molecule has 2 aromatic carbocycles. The Hall–Kier alpha value is -2.13. The maximum Gasteiger partial charge on any atom is 0.221 e. The molecule has 1 amide bonds. The SMILES string of the molecule is CC(=O)Nc1cccc(C(C)NC(c2ccccc2)C(C)(C)C)c1. The highest BCUT2D eigenvalue weighted by atomic mass is 16.1. The fraction of sp³-hybridized carbons (Fsp3) is 0.381. The van der Waals surface area contributed by atoms with Crippen LogP contribution >= 0.6 is 0 Å². The Morgan fingerprint density at radius 3 is 2.17 bits per heavy atom. The van der Waals surface area contributed by atoms with Crippen molar-refractivity contribution in [2.24, 2.45) is 5.41 Å². The largest absolute Gasteiger partial charge is 0.326 e. The van der Waals surface area contributed by atoms with E-state index in [-0.39, 0.29) is 23.4 Å². The Kier molecular flexibility index (Phi) is 5.79. The van der Waals surface area contributed by atoms with Gasteiger partial charge < -0.3 is 10.6 Å². The number of benzene rings is 2. The van der Waals surface area contributed by atoms with Crippen molar-refractivity contribution in [2.45, 2.75) is 46.7 Å². The molecule has 2 N–H and O–H groups in total. The topological polar surface area (TPSA) is 41.1 Å². The summed E-state index contributed by atoms with van der Waals surface area (Å²) in [6.07, 6.45) is 0. The quantitative estimate of drug-likeness (QED) is 0.805. The zero-order chi connectivity index (χ0) is 17.7. The summed E-state index contributed by atoms with van der Waals surface area (Å²) >= 11 is 0. The molecule has 3 nitrogen and oxygen atoms in total. The van der Waals surface area contributed by atoms with E-state index in [0.717, 1.165) is 11.3 Å². The third-order valence-electron chi connectivity index (χ3n) is 4.12. The second-order valence-corrected chi connectivity index (χ2v) is 7.40. The molecule has 0 aliphatic carbocycles. The van der Waals surface area contributed by atoms with Crippen molar-refractivity contribution in [3.63, 3.8) is 0 Å². The lowest BCUT2D eigenvalue weighted by molar-refractivity contribution is -0.114. The Balaban J connectivity index is 2.22. The molecular weight excluding hydrogens is 296 g/mol. The van der Waals surface area contributed by atoms with Gasteiger partial charge in [0, 0.05) is 24.7 Å². The molecule has 0 saturated carbocycles. The summed E-state index contributed by atoms with van der Waals surface area (Å²) in [7, 11) is 0. The van der Waals surface area contributed by atoms with Gasteiger partial charge in [-0.1, -0.05) is 63.2 Å². The molecule has 0 heterocycles. The van der Waals surface area contributed by atoms with Crippen LogP contribution in [0.5, 0.6) is 0 Å². The number of amides is 1. The predicted octanol–water partition coefficient (Wildman–Crippen LogP) is 5.08. The maximum absolute atomic E-state index is 11.3. The molecule has 2 atom stereocenters. The first-order valence-corrected chi connectivity index (χ1v) is 8.46. The summed E-state index contributed by atoms with van der Waals surface area (Å²) < 4.78 is 0. The second kappa shape index (κ2) is 7.63. The van der Waals surface area contributed by atoms with Crippen LogP contribution in [-0.2, 0) is 4.79 Å². The number of anilines is 1. The van der Waals surface area contributed by atoms with Gasteiger partial charge in [-0.15, -0.1) is 0 Å². The summed E-state index contributed by atoms with van der Waals surface area (Å²) in [5.74, 6) is -0.0513. The third kappa shape index (κ3) is 4.93. The van der Waals surface area contributed by atoms with Gasteiger partial charge in [-0.3, -0.25) is 4.79 Å². The van der Waals surface area contributed by atoms with Crippen LogP contribution in [-0.4, -0.2) is 5.91 Å². The monoisotopic (exact) mass is 324 g/mol. The molecule has 2 rings (SSSR count). The lowest BCUT2D eigenvalue weighted by Crippen LogP contribution is -2.34. The average molecular weight is 324 g/mol. The molecule has 0 bridgehead atoms. The van der Waals surface area contributed by atoms with Gasteiger partial charge in [-0.25, -0.2) is 0 Å². The van der Waals surface area contributed by atoms with Crippen molar-refractivity contribution in [3.05, 3.63) is 65.7 Å². The summed E-state index contributed by atoms with van der Waals surface area (Å²) in [4.78, 5) is 11.3. The number of hydrogen-bond donors (Lipinski definition) is 2. The molecule has 3 heteroatoms. The van der Waals surface area contributed by atoms with Gasteiger partial charge in [0.25, 0.3) is 0 Å². The van der Waals surface area contributed by atoms with E-state index in [1.165, 1.54) is 12.5 Å². The third-order valence-corrected chi connectivity index (χ3v) is 4.12. The van der Waals surface area contributed by atoms with Crippen molar-refractivity contribution >= 4 is 11.6 Å². The Labute approximate surface area is 145 Å². The van der Waals surface area contributed by atoms with Gasteiger partial charge >= 0.3 is 0 Å². The predicted molar refractivity (Wildman–Crippen MR) is 101 cm³/mol. The van der Waals surface area contributed by atoms with E-state index in [0.29, 0.717) is 0 Å². The molecule has 2 aromatic rings. The fourth-order valence-electron chi connectivity index (χ4n) is 2.93. The summed E-state index contributed by atoms with van der Waals surface area (Å²) in [5.41, 5.74) is 3.37. The Bertz CT molecular complexity index is 674. The lowest BCUT2D eigenvalue weighted by atomic mass is 9.81. The summed E-state index contributed by atoms with van der Waals surface area (Å²) in [6.45, 7) is 10.4. The first kappa shape index (κ1) is 18.2. The molecule has 24 heavy (non-hydrogen) atoms. The minimum atomic E-state index is -0.0513. The van der Waals surface area contributed by atoms with Crippen LogP contribution in [0, 0.1) is 5.41 Å². The van der Waals surface area contributed by atoms with Gasteiger partial charge in [0.15, 0.2) is 0 Å². The first-order valence-electron chi connectivity index (χ1n) is 8.46. The van der Waals surface area contributed by atoms with E-state index in [9.17, 15) is 4.79 Å². The van der Waals surface area contributed by atoms with E-state index in [2.05, 4.69) is 68.7 Å². The fourth-order valence-corrected chi connectivity index (χ4v) is 2.93. The highest BCUT2D eigenvalue weighted by Gasteiger charge is 2.27. The summed E-state index contributed by atoms with van der Waals surface area (Å²) in [6, 6.07) is 19.0. The molecule has 0 radical (unpaired) electrons. The van der Waals surface area contributed by atoms with Crippen molar-refractivity contribution in [3.8, 4) is 0 Å². The Morgan fingerprint density at radius 2 is 1.58 bits per heavy atom. The van der Waals surface area contributed by atoms with Gasteiger partial charge in [-0.2, -0.15) is 0 Å². The van der Waals surface area contributed by atoms with E-state index >= 15 is 0 Å². The number of carbonyl (C=O) groups is 1. The van der Waals surface area contributed by atoms with Crippen LogP contribution in [0.2, 0.25) is 0 Å². The number of rotatable bonds is 5. The molecule has 0 aliphatic rings. The highest BCUT2D eigenvalue weighted by Crippen LogP contribution is 2.35. The number of nitrogens with one attached hydrogen (secondary N) is 2. The second-order valence-electron chi connectivity index (χ2n) is 7.40. The van der Waals surface area contributed by atoms with Crippen molar-refractivity contribution < 1.29 is 4.79 Å². The van der Waals surface area contributed by atoms with Gasteiger partial charge in [0.05, 0.1) is 0 Å². The van der Waals surface area contributed by atoms with Crippen molar-refractivity contribution in [1.82, 2.24) is 5.32 Å². The van der Waals surface area contributed by atoms with Crippen LogP contribution in [0.15, 0.2) is 54.6 Å². The van der Waals surface area contributed by atoms with Crippen LogP contribution in [0.1, 0.15) is 57.8 Å². The number of hydrogen-bond acceptors (Lipinski definition) is 2. The van der Waals surface area contributed by atoms with Gasteiger partial charge in [0.1, 0.15) is 0 Å². The average Bonchev–Trinajstić information content (AvgIpc) is 2.51. The lowest BCUT2D eigenvalue weighted by Gasteiger charge is -2.35. The van der Waals surface area contributed by atoms with E-state index in [1.807, 2.05) is 24.3 Å². The van der Waals surface area contributed by atoms with Crippen LogP contribution in [0.25, 0.3) is 0 Å². The van der Waals surface area contributed by atoms with Crippen LogP contribution in [0.4, 0.5) is 5.69 Å². The smallest absolute Gasteiger partial charge is 0.221 e. The minimum absolute atomic E-state index is 0.0513. The van der Waals surface area contributed by atoms with E-state index in [4.69, 9.17) is 0 Å². The molecule has 128 valence electrons. The van der Waals surface area contributed by atoms with Crippen molar-refractivity contribution in [1.29, 1.82) is 0 Å². The standard InChI is InChI=1S/C21H28N2O/c1-15(18-12-9-13-19(14-18)23-16(2)24)22-20(21(3,4)5)17-10-7-6-8-11-17/h6-15,20,22H,1-5H3,(H,23,24). The molecule has 0 fully saturated rings. The molecule has 0 aliphatic heterocycles. The molecule has 0 saturated heterocycles. The van der Waals surface area contributed by atoms with Crippen molar-refractivity contribution in [2.75, 3.05) is 5.32 Å². The molecule has 2 unspecified atom stereocenters. The van der Waals surface area contributed by atoms with E-state index in [1.54, 1.807) is 0 Å². The molecule has 0 spiro atoms. The van der Waals surface area contributed by atoms with Crippen LogP contribution in [0.3, 0.4) is 0 Å². The minimum Gasteiger partial charge on any atom is -0.326 e. The first-order chi connectivity index (χ1) is 11.3. The molecular formula is C21H28N2O. The summed E-state index contributed by atoms with van der Waals surface area (Å²) in [5, 5.41) is 6.61. The highest BCUT2D eigenvalue weighted by molar-refractivity contribution is 5.88. The van der Waals surface area contributed by atoms with Gasteiger partial charge in [-0.05, 0) is 35.6 Å². The van der Waals surface area contributed by atoms with E-state index < -0.39 is 0 Å². The zero-order valence-corrected chi connectivity index (χ0v) is 15.3. The van der Waals surface area contributed by atoms with Gasteiger partial charge in [0.2, 0.25) is 5.91 Å². The normalized spacial score (nSPS) is 14.0. The zero-order valence-electron chi connectivity index (χ0n) is 15.3. The Morgan fingerprint density at radius 1 is 0.958 bits per heavy atom. The number of carbonyl (C=O) groups excluding carboxylic acids is 1. The van der Waals surface area contributed by atoms with Crippen LogP contribution < -0.4 is 10.6 Å².